The molecule has 4 heteroatoms. The molecular formula is C14H16N2O2. The van der Waals surface area contributed by atoms with Gasteiger partial charge in [-0.1, -0.05) is 0 Å². The highest BCUT2D eigenvalue weighted by Crippen LogP contribution is 2.47. The van der Waals surface area contributed by atoms with Gasteiger partial charge in [-0.25, -0.2) is 0 Å². The highest BCUT2D eigenvalue weighted by atomic mass is 16.3. The molecule has 4 nitrogen and oxygen atoms in total. The zero-order valence-corrected chi connectivity index (χ0v) is 10.1. The minimum atomic E-state index is 0.0980. The molecule has 0 aliphatic heterocycles. The number of nitrogens with zero attached hydrogens (tertiary/aromatic N) is 1. The molecule has 1 aliphatic rings. The van der Waals surface area contributed by atoms with E-state index < -0.39 is 0 Å². The van der Waals surface area contributed by atoms with Gasteiger partial charge in [-0.05, 0) is 30.7 Å². The maximum Gasteiger partial charge on any atom is 0.223 e. The Labute approximate surface area is 106 Å². The summed E-state index contributed by atoms with van der Waals surface area (Å²) >= 11 is 0. The second kappa shape index (κ2) is 4.72. The lowest BCUT2D eigenvalue weighted by atomic mass is 10.2. The molecule has 94 valence electrons. The summed E-state index contributed by atoms with van der Waals surface area (Å²) in [6.45, 7) is 1.49. The van der Waals surface area contributed by atoms with E-state index in [1.165, 1.54) is 0 Å². The molecule has 1 aliphatic carbocycles. The predicted octanol–water partition coefficient (Wildman–Crippen LogP) is 2.00. The van der Waals surface area contributed by atoms with Crippen LogP contribution in [-0.4, -0.2) is 17.0 Å². The maximum atomic E-state index is 11.9. The van der Waals surface area contributed by atoms with E-state index in [4.69, 9.17) is 4.42 Å². The molecular weight excluding hydrogens is 228 g/mol. The van der Waals surface area contributed by atoms with Gasteiger partial charge in [-0.3, -0.25) is 4.79 Å². The highest BCUT2D eigenvalue weighted by Gasteiger charge is 2.45. The number of hydrogen-bond acceptors (Lipinski definition) is 2. The quantitative estimate of drug-likeness (QED) is 0.874. The topological polar surface area (TPSA) is 47.2 Å². The van der Waals surface area contributed by atoms with Gasteiger partial charge >= 0.3 is 0 Å². The van der Waals surface area contributed by atoms with E-state index in [0.717, 1.165) is 18.7 Å². The fourth-order valence-corrected chi connectivity index (χ4v) is 2.26. The van der Waals surface area contributed by atoms with Gasteiger partial charge in [0.05, 0.1) is 6.26 Å². The standard InChI is InChI=1S/C14H16N2O2/c17-14(15-5-8-16-6-1-2-7-16)12-10-11(12)13-4-3-9-18-13/h1-4,6-7,9,11-12H,5,8,10H2,(H,15,17)/t11-,12-/m0/s1. The van der Waals surface area contributed by atoms with Gasteiger partial charge in [0.25, 0.3) is 0 Å². The van der Waals surface area contributed by atoms with Crippen LogP contribution < -0.4 is 5.32 Å². The summed E-state index contributed by atoms with van der Waals surface area (Å²) in [6, 6.07) is 7.78. The van der Waals surface area contributed by atoms with Crippen LogP contribution in [0.2, 0.25) is 0 Å². The minimum Gasteiger partial charge on any atom is -0.469 e. The minimum absolute atomic E-state index is 0.0980. The normalized spacial score (nSPS) is 21.8. The number of hydrogen-bond donors (Lipinski definition) is 1. The van der Waals surface area contributed by atoms with Gasteiger partial charge < -0.3 is 14.3 Å². The van der Waals surface area contributed by atoms with E-state index in [-0.39, 0.29) is 17.7 Å². The fourth-order valence-electron chi connectivity index (χ4n) is 2.26. The lowest BCUT2D eigenvalue weighted by Crippen LogP contribution is -2.28. The summed E-state index contributed by atoms with van der Waals surface area (Å²) in [5.74, 6) is 1.46. The van der Waals surface area contributed by atoms with Gasteiger partial charge in [0.2, 0.25) is 5.91 Å². The molecule has 0 spiro atoms. The summed E-state index contributed by atoms with van der Waals surface area (Å²) in [4.78, 5) is 11.9. The van der Waals surface area contributed by atoms with Crippen LogP contribution in [0.4, 0.5) is 0 Å². The third-order valence-corrected chi connectivity index (χ3v) is 3.37. The summed E-state index contributed by atoms with van der Waals surface area (Å²) in [6.07, 6.45) is 6.56. The number of carbonyl (C=O) groups is 1. The number of amides is 1. The lowest BCUT2D eigenvalue weighted by Gasteiger charge is -2.05. The molecule has 0 bridgehead atoms. The predicted molar refractivity (Wildman–Crippen MR) is 67.0 cm³/mol. The second-order valence-electron chi connectivity index (χ2n) is 4.68. The van der Waals surface area contributed by atoms with E-state index >= 15 is 0 Å². The summed E-state index contributed by atoms with van der Waals surface area (Å²) in [5.41, 5.74) is 0. The van der Waals surface area contributed by atoms with Crippen molar-refractivity contribution in [2.45, 2.75) is 18.9 Å². The summed E-state index contributed by atoms with van der Waals surface area (Å²) < 4.78 is 7.37. The monoisotopic (exact) mass is 244 g/mol. The zero-order chi connectivity index (χ0) is 12.4. The Hall–Kier alpha value is -1.97. The number of aromatic nitrogens is 1. The average molecular weight is 244 g/mol. The molecule has 2 atom stereocenters. The molecule has 0 radical (unpaired) electrons. The molecule has 2 aromatic heterocycles. The number of nitrogens with one attached hydrogen (secondary N) is 1. The molecule has 0 unspecified atom stereocenters. The van der Waals surface area contributed by atoms with Gasteiger partial charge in [0, 0.05) is 37.3 Å². The number of carbonyl (C=O) groups excluding carboxylic acids is 1. The van der Waals surface area contributed by atoms with E-state index in [1.807, 2.05) is 36.7 Å². The van der Waals surface area contributed by atoms with Crippen molar-refractivity contribution in [3.63, 3.8) is 0 Å². The van der Waals surface area contributed by atoms with Crippen molar-refractivity contribution in [3.05, 3.63) is 48.7 Å². The molecule has 3 rings (SSSR count). The molecule has 1 saturated carbocycles. The van der Waals surface area contributed by atoms with Crippen molar-refractivity contribution in [2.24, 2.45) is 5.92 Å². The first-order valence-corrected chi connectivity index (χ1v) is 6.26. The largest absolute Gasteiger partial charge is 0.469 e. The van der Waals surface area contributed by atoms with Gasteiger partial charge in [-0.2, -0.15) is 0 Å². The van der Waals surface area contributed by atoms with E-state index in [9.17, 15) is 4.79 Å². The van der Waals surface area contributed by atoms with Crippen LogP contribution in [0.3, 0.4) is 0 Å². The molecule has 1 fully saturated rings. The first-order chi connectivity index (χ1) is 8.84. The maximum absolute atomic E-state index is 11.9. The van der Waals surface area contributed by atoms with E-state index in [0.29, 0.717) is 6.54 Å². The van der Waals surface area contributed by atoms with Crippen LogP contribution in [0.5, 0.6) is 0 Å². The Kier molecular flexibility index (Phi) is 2.92. The number of rotatable bonds is 5. The van der Waals surface area contributed by atoms with E-state index in [1.54, 1.807) is 6.26 Å². The first-order valence-electron chi connectivity index (χ1n) is 6.26. The summed E-state index contributed by atoms with van der Waals surface area (Å²) in [5, 5.41) is 2.97. The summed E-state index contributed by atoms with van der Waals surface area (Å²) in [7, 11) is 0. The molecule has 1 N–H and O–H groups in total. The average Bonchev–Trinajstić information content (AvgIpc) is 2.84. The Bertz CT molecular complexity index is 502. The zero-order valence-electron chi connectivity index (χ0n) is 10.1. The highest BCUT2D eigenvalue weighted by molar-refractivity contribution is 5.82. The Morgan fingerprint density at radius 3 is 2.94 bits per heavy atom. The smallest absolute Gasteiger partial charge is 0.223 e. The molecule has 0 aromatic carbocycles. The van der Waals surface area contributed by atoms with Gasteiger partial charge in [0.1, 0.15) is 5.76 Å². The first kappa shape index (κ1) is 11.1. The van der Waals surface area contributed by atoms with Crippen LogP contribution in [0.1, 0.15) is 18.1 Å². The van der Waals surface area contributed by atoms with Crippen LogP contribution >= 0.6 is 0 Å². The van der Waals surface area contributed by atoms with Crippen molar-refractivity contribution >= 4 is 5.91 Å². The van der Waals surface area contributed by atoms with Crippen molar-refractivity contribution in [1.29, 1.82) is 0 Å². The number of furan rings is 1. The molecule has 2 heterocycles. The van der Waals surface area contributed by atoms with Crippen LogP contribution in [0.15, 0.2) is 47.3 Å². The van der Waals surface area contributed by atoms with Crippen molar-refractivity contribution in [1.82, 2.24) is 9.88 Å². The SMILES string of the molecule is O=C(NCCn1cccc1)[C@H]1C[C@@H]1c1ccco1. The Balaban J connectivity index is 1.43. The third-order valence-electron chi connectivity index (χ3n) is 3.37. The third kappa shape index (κ3) is 2.32. The van der Waals surface area contributed by atoms with Crippen molar-refractivity contribution in [3.8, 4) is 0 Å². The van der Waals surface area contributed by atoms with Crippen molar-refractivity contribution in [2.75, 3.05) is 6.54 Å². The van der Waals surface area contributed by atoms with E-state index in [2.05, 4.69) is 9.88 Å². The van der Waals surface area contributed by atoms with Crippen LogP contribution in [0, 0.1) is 5.92 Å². The fraction of sp³-hybridized carbons (Fsp3) is 0.357. The Morgan fingerprint density at radius 2 is 2.22 bits per heavy atom. The molecule has 18 heavy (non-hydrogen) atoms. The lowest BCUT2D eigenvalue weighted by molar-refractivity contribution is -0.122. The molecule has 2 aromatic rings. The molecule has 0 saturated heterocycles. The van der Waals surface area contributed by atoms with Gasteiger partial charge in [0.15, 0.2) is 0 Å². The van der Waals surface area contributed by atoms with Gasteiger partial charge in [-0.15, -0.1) is 0 Å². The van der Waals surface area contributed by atoms with Crippen LogP contribution in [0.25, 0.3) is 0 Å². The van der Waals surface area contributed by atoms with Crippen molar-refractivity contribution < 1.29 is 9.21 Å². The van der Waals surface area contributed by atoms with Crippen LogP contribution in [-0.2, 0) is 11.3 Å². The molecule has 1 amide bonds. The second-order valence-corrected chi connectivity index (χ2v) is 4.68. The Morgan fingerprint density at radius 1 is 1.39 bits per heavy atom.